The van der Waals surface area contributed by atoms with Crippen LogP contribution in [0, 0.1) is 17.7 Å². The summed E-state index contributed by atoms with van der Waals surface area (Å²) in [4.78, 5) is 29.5. The number of anilines is 1. The molecule has 2 saturated heterocycles. The molecule has 38 heavy (non-hydrogen) atoms. The fraction of sp³-hybridized carbons (Fsp3) is 0.333. The number of methoxy groups -OCH3 is 1. The van der Waals surface area contributed by atoms with Gasteiger partial charge < -0.3 is 19.9 Å². The van der Waals surface area contributed by atoms with Gasteiger partial charge in [-0.2, -0.15) is 0 Å². The van der Waals surface area contributed by atoms with Crippen molar-refractivity contribution in [3.63, 3.8) is 0 Å². The van der Waals surface area contributed by atoms with Gasteiger partial charge in [0.25, 0.3) is 11.8 Å². The molecule has 6 nitrogen and oxygen atoms in total. The molecular weight excluding hydrogens is 505 g/mol. The van der Waals surface area contributed by atoms with Gasteiger partial charge in [0.1, 0.15) is 11.6 Å². The van der Waals surface area contributed by atoms with Crippen molar-refractivity contribution in [1.82, 2.24) is 10.2 Å². The fourth-order valence-electron chi connectivity index (χ4n) is 5.50. The first kappa shape index (κ1) is 26.0. The van der Waals surface area contributed by atoms with E-state index < -0.39 is 5.82 Å². The van der Waals surface area contributed by atoms with Gasteiger partial charge in [-0.1, -0.05) is 35.9 Å². The normalized spacial score (nSPS) is 18.4. The summed E-state index contributed by atoms with van der Waals surface area (Å²) in [5, 5.41) is 3.14. The third kappa shape index (κ3) is 5.63. The number of carbonyl (C=O) groups excluding carboxylic acids is 2. The van der Waals surface area contributed by atoms with E-state index in [1.54, 1.807) is 36.3 Å². The molecule has 0 radical (unpaired) electrons. The smallest absolute Gasteiger partial charge is 0.258 e. The average molecular weight is 536 g/mol. The van der Waals surface area contributed by atoms with Crippen molar-refractivity contribution in [2.75, 3.05) is 44.7 Å². The first-order valence-electron chi connectivity index (χ1n) is 12.9. The van der Waals surface area contributed by atoms with E-state index in [1.165, 1.54) is 23.4 Å². The Hall–Kier alpha value is -3.58. The second-order valence-electron chi connectivity index (χ2n) is 9.99. The highest BCUT2D eigenvalue weighted by Gasteiger charge is 2.42. The largest absolute Gasteiger partial charge is 0.497 e. The topological polar surface area (TPSA) is 61.9 Å². The predicted molar refractivity (Wildman–Crippen MR) is 147 cm³/mol. The quantitative estimate of drug-likeness (QED) is 0.410. The highest BCUT2D eigenvalue weighted by atomic mass is 35.5. The maximum atomic E-state index is 14.3. The number of fused-ring (bicyclic) bond motifs is 1. The second-order valence-corrected chi connectivity index (χ2v) is 10.4. The molecule has 0 spiro atoms. The monoisotopic (exact) mass is 535 g/mol. The van der Waals surface area contributed by atoms with Crippen LogP contribution < -0.4 is 15.0 Å². The summed E-state index contributed by atoms with van der Waals surface area (Å²) in [6.45, 7) is 3.53. The van der Waals surface area contributed by atoms with Crippen molar-refractivity contribution in [3.05, 3.63) is 94.3 Å². The Labute approximate surface area is 227 Å². The van der Waals surface area contributed by atoms with E-state index in [-0.39, 0.29) is 22.4 Å². The molecule has 5 rings (SSSR count). The van der Waals surface area contributed by atoms with Crippen LogP contribution in [0.1, 0.15) is 32.7 Å². The third-order valence-electron chi connectivity index (χ3n) is 7.49. The Kier molecular flexibility index (Phi) is 7.84. The molecule has 2 amide bonds. The van der Waals surface area contributed by atoms with Crippen LogP contribution in [0.4, 0.5) is 10.1 Å². The molecule has 2 aliphatic rings. The lowest BCUT2D eigenvalue weighted by molar-refractivity contribution is 0.0777. The minimum absolute atomic E-state index is 0.0293. The van der Waals surface area contributed by atoms with Crippen LogP contribution in [0.5, 0.6) is 5.75 Å². The number of benzene rings is 3. The molecule has 8 heteroatoms. The molecule has 1 N–H and O–H groups in total. The molecule has 2 heterocycles. The lowest BCUT2D eigenvalue weighted by Gasteiger charge is -2.24. The van der Waals surface area contributed by atoms with E-state index in [9.17, 15) is 14.0 Å². The highest BCUT2D eigenvalue weighted by molar-refractivity contribution is 6.33. The third-order valence-corrected chi connectivity index (χ3v) is 7.80. The first-order chi connectivity index (χ1) is 18.4. The molecule has 3 aromatic rings. The number of halogens is 2. The Balaban J connectivity index is 1.11. The van der Waals surface area contributed by atoms with Crippen LogP contribution in [0.15, 0.2) is 66.7 Å². The van der Waals surface area contributed by atoms with Crippen LogP contribution in [0.3, 0.4) is 0 Å². The van der Waals surface area contributed by atoms with Gasteiger partial charge in [0, 0.05) is 55.8 Å². The number of likely N-dealkylation sites (tertiary alicyclic amines) is 1. The van der Waals surface area contributed by atoms with Gasteiger partial charge in [-0.25, -0.2) is 4.39 Å². The number of amides is 2. The Morgan fingerprint density at radius 2 is 1.74 bits per heavy atom. The molecule has 0 bridgehead atoms. The minimum Gasteiger partial charge on any atom is -0.497 e. The van der Waals surface area contributed by atoms with Crippen molar-refractivity contribution < 1.29 is 18.7 Å². The summed E-state index contributed by atoms with van der Waals surface area (Å²) in [5.41, 5.74) is 2.95. The number of nitrogens with zero attached hydrogens (tertiary/aromatic N) is 2. The number of ether oxygens (including phenoxy) is 1. The van der Waals surface area contributed by atoms with E-state index >= 15 is 0 Å². The summed E-state index contributed by atoms with van der Waals surface area (Å²) >= 11 is 6.12. The van der Waals surface area contributed by atoms with Crippen molar-refractivity contribution in [2.45, 2.75) is 12.8 Å². The van der Waals surface area contributed by atoms with Crippen LogP contribution in [-0.2, 0) is 6.42 Å². The molecular formula is C30H31ClFN3O3. The zero-order valence-electron chi connectivity index (χ0n) is 21.3. The van der Waals surface area contributed by atoms with E-state index in [0.717, 1.165) is 25.9 Å². The summed E-state index contributed by atoms with van der Waals surface area (Å²) in [5.74, 6) is 0.354. The second kappa shape index (κ2) is 11.4. The molecule has 2 aliphatic heterocycles. The van der Waals surface area contributed by atoms with Gasteiger partial charge in [-0.05, 0) is 60.9 Å². The van der Waals surface area contributed by atoms with Gasteiger partial charge in [0.2, 0.25) is 0 Å². The maximum absolute atomic E-state index is 14.3. The first-order valence-corrected chi connectivity index (χ1v) is 13.3. The number of aryl methyl sites for hydroxylation is 1. The van der Waals surface area contributed by atoms with E-state index in [1.807, 2.05) is 6.07 Å². The lowest BCUT2D eigenvalue weighted by Crippen LogP contribution is -2.34. The highest BCUT2D eigenvalue weighted by Crippen LogP contribution is 2.35. The van der Waals surface area contributed by atoms with Gasteiger partial charge in [-0.15, -0.1) is 0 Å². The lowest BCUT2D eigenvalue weighted by atomic mass is 10.0. The zero-order chi connectivity index (χ0) is 26.6. The number of hydrogen-bond acceptors (Lipinski definition) is 4. The predicted octanol–water partition coefficient (Wildman–Crippen LogP) is 5.06. The number of hydrogen-bond donors (Lipinski definition) is 1. The molecule has 0 aromatic heterocycles. The molecule has 0 saturated carbocycles. The average Bonchev–Trinajstić information content (AvgIpc) is 3.51. The molecule has 0 aliphatic carbocycles. The summed E-state index contributed by atoms with van der Waals surface area (Å²) < 4.78 is 19.4. The fourth-order valence-corrected chi connectivity index (χ4v) is 5.74. The van der Waals surface area contributed by atoms with Crippen molar-refractivity contribution in [2.24, 2.45) is 11.8 Å². The maximum Gasteiger partial charge on any atom is 0.258 e. The molecule has 198 valence electrons. The van der Waals surface area contributed by atoms with E-state index in [0.29, 0.717) is 42.8 Å². The zero-order valence-corrected chi connectivity index (χ0v) is 22.1. The van der Waals surface area contributed by atoms with Crippen molar-refractivity contribution in [1.29, 1.82) is 0 Å². The number of carbonyl (C=O) groups is 2. The Bertz CT molecular complexity index is 1300. The van der Waals surface area contributed by atoms with Gasteiger partial charge >= 0.3 is 0 Å². The van der Waals surface area contributed by atoms with Crippen molar-refractivity contribution >= 4 is 29.1 Å². The van der Waals surface area contributed by atoms with Crippen LogP contribution >= 0.6 is 11.6 Å². The van der Waals surface area contributed by atoms with Gasteiger partial charge in [0.05, 0.1) is 17.7 Å². The summed E-state index contributed by atoms with van der Waals surface area (Å²) in [6, 6.07) is 20.0. The van der Waals surface area contributed by atoms with Gasteiger partial charge in [0.15, 0.2) is 0 Å². The summed E-state index contributed by atoms with van der Waals surface area (Å²) in [7, 11) is 1.58. The molecule has 2 atom stereocenters. The Morgan fingerprint density at radius 1 is 1.00 bits per heavy atom. The van der Waals surface area contributed by atoms with Gasteiger partial charge in [-0.3, -0.25) is 9.59 Å². The molecule has 3 aromatic carbocycles. The Morgan fingerprint density at radius 3 is 2.47 bits per heavy atom. The van der Waals surface area contributed by atoms with E-state index in [2.05, 4.69) is 34.5 Å². The SMILES string of the molecule is COc1cccc(C(=O)NCCCc2cccc(N3CC4CN(C(=O)c5c(F)cccc5Cl)CC4C3)c2)c1. The molecule has 2 fully saturated rings. The summed E-state index contributed by atoms with van der Waals surface area (Å²) in [6.07, 6.45) is 1.69. The van der Waals surface area contributed by atoms with E-state index in [4.69, 9.17) is 16.3 Å². The van der Waals surface area contributed by atoms with Crippen LogP contribution in [0.2, 0.25) is 5.02 Å². The van der Waals surface area contributed by atoms with Crippen LogP contribution in [0.25, 0.3) is 0 Å². The van der Waals surface area contributed by atoms with Crippen molar-refractivity contribution in [3.8, 4) is 5.75 Å². The number of nitrogens with one attached hydrogen (secondary N) is 1. The molecule has 2 unspecified atom stereocenters. The minimum atomic E-state index is -0.571. The number of rotatable bonds is 8. The standard InChI is InChI=1S/C30H31ClFN3O3/c1-38-25-10-3-8-21(15-25)29(36)33-13-5-7-20-6-2-9-24(14-20)34-16-22-18-35(19-23(22)17-34)30(37)28-26(31)11-4-12-27(28)32/h2-4,6,8-12,14-15,22-23H,5,7,13,16-19H2,1H3,(H,33,36). The van der Waals surface area contributed by atoms with Crippen LogP contribution in [-0.4, -0.2) is 56.5 Å².